The molecule has 2 amide bonds. The number of ether oxygens (including phenoxy) is 1. The molecule has 2 rings (SSSR count). The first-order valence-corrected chi connectivity index (χ1v) is 9.23. The molecule has 27 heavy (non-hydrogen) atoms. The van der Waals surface area contributed by atoms with Crippen molar-refractivity contribution in [2.24, 2.45) is 5.92 Å². The predicted octanol–water partition coefficient (Wildman–Crippen LogP) is 2.10. The Morgan fingerprint density at radius 1 is 1.19 bits per heavy atom. The molecule has 1 unspecified atom stereocenters. The Labute approximate surface area is 159 Å². The highest BCUT2D eigenvalue weighted by molar-refractivity contribution is 5.95. The molecule has 0 radical (unpaired) electrons. The average molecular weight is 376 g/mol. The average Bonchev–Trinajstić information content (AvgIpc) is 3.14. The Bertz CT molecular complexity index is 667. The SMILES string of the molecule is COCC(C)(CC(=O)O)NC(=O)c1ccc(CNC(=O)C2CCCC2)cc1. The molecule has 3 N–H and O–H groups in total. The Balaban J connectivity index is 1.91. The maximum absolute atomic E-state index is 12.4. The van der Waals surface area contributed by atoms with E-state index in [1.165, 1.54) is 7.11 Å². The zero-order valence-corrected chi connectivity index (χ0v) is 15.9. The Kier molecular flexibility index (Phi) is 7.36. The van der Waals surface area contributed by atoms with Crippen molar-refractivity contribution in [2.75, 3.05) is 13.7 Å². The third kappa shape index (κ3) is 6.36. The number of hydrogen-bond acceptors (Lipinski definition) is 4. The third-order valence-electron chi connectivity index (χ3n) is 4.83. The summed E-state index contributed by atoms with van der Waals surface area (Å²) in [6.45, 7) is 2.16. The lowest BCUT2D eigenvalue weighted by Gasteiger charge is -2.28. The minimum Gasteiger partial charge on any atom is -0.481 e. The number of amides is 2. The van der Waals surface area contributed by atoms with Gasteiger partial charge < -0.3 is 20.5 Å². The quantitative estimate of drug-likeness (QED) is 0.612. The minimum atomic E-state index is -1.01. The van der Waals surface area contributed by atoms with Gasteiger partial charge in [-0.1, -0.05) is 25.0 Å². The number of benzene rings is 1. The van der Waals surface area contributed by atoms with Crippen molar-refractivity contribution < 1.29 is 24.2 Å². The molecule has 0 aliphatic heterocycles. The molecule has 148 valence electrons. The first kappa shape index (κ1) is 20.9. The molecule has 0 bridgehead atoms. The van der Waals surface area contributed by atoms with Crippen LogP contribution in [-0.4, -0.2) is 42.1 Å². The fraction of sp³-hybridized carbons (Fsp3) is 0.550. The molecule has 7 heteroatoms. The van der Waals surface area contributed by atoms with Crippen LogP contribution in [0.4, 0.5) is 0 Å². The number of methoxy groups -OCH3 is 1. The van der Waals surface area contributed by atoms with Gasteiger partial charge >= 0.3 is 5.97 Å². The molecule has 0 aromatic heterocycles. The fourth-order valence-corrected chi connectivity index (χ4v) is 3.43. The second-order valence-electron chi connectivity index (χ2n) is 7.41. The van der Waals surface area contributed by atoms with Gasteiger partial charge in [-0.15, -0.1) is 0 Å². The normalized spacial score (nSPS) is 16.5. The van der Waals surface area contributed by atoms with Crippen LogP contribution in [0.2, 0.25) is 0 Å². The van der Waals surface area contributed by atoms with Crippen LogP contribution in [0, 0.1) is 5.92 Å². The van der Waals surface area contributed by atoms with Gasteiger partial charge in [0.1, 0.15) is 0 Å². The number of aliphatic carboxylic acids is 1. The highest BCUT2D eigenvalue weighted by atomic mass is 16.5. The van der Waals surface area contributed by atoms with E-state index in [2.05, 4.69) is 10.6 Å². The molecule has 1 aromatic carbocycles. The van der Waals surface area contributed by atoms with Crippen molar-refractivity contribution >= 4 is 17.8 Å². The molecule has 0 saturated heterocycles. The lowest BCUT2D eigenvalue weighted by atomic mass is 9.98. The number of nitrogens with one attached hydrogen (secondary N) is 2. The molecular weight excluding hydrogens is 348 g/mol. The number of hydrogen-bond donors (Lipinski definition) is 3. The van der Waals surface area contributed by atoms with Crippen LogP contribution in [0.3, 0.4) is 0 Å². The fourth-order valence-electron chi connectivity index (χ4n) is 3.43. The number of carbonyl (C=O) groups excluding carboxylic acids is 2. The van der Waals surface area contributed by atoms with Gasteiger partial charge in [0.25, 0.3) is 5.91 Å². The summed E-state index contributed by atoms with van der Waals surface area (Å²) >= 11 is 0. The molecule has 7 nitrogen and oxygen atoms in total. The summed E-state index contributed by atoms with van der Waals surface area (Å²) in [6, 6.07) is 6.91. The molecule has 1 atom stereocenters. The Morgan fingerprint density at radius 2 is 1.81 bits per heavy atom. The van der Waals surface area contributed by atoms with E-state index in [-0.39, 0.29) is 30.8 Å². The largest absolute Gasteiger partial charge is 0.481 e. The van der Waals surface area contributed by atoms with E-state index in [9.17, 15) is 14.4 Å². The van der Waals surface area contributed by atoms with E-state index in [0.29, 0.717) is 12.1 Å². The molecule has 1 aliphatic carbocycles. The number of rotatable bonds is 9. The van der Waals surface area contributed by atoms with Crippen LogP contribution < -0.4 is 10.6 Å². The van der Waals surface area contributed by atoms with E-state index in [0.717, 1.165) is 31.2 Å². The second kappa shape index (κ2) is 9.50. The van der Waals surface area contributed by atoms with Crippen LogP contribution in [-0.2, 0) is 20.9 Å². The topological polar surface area (TPSA) is 105 Å². The maximum Gasteiger partial charge on any atom is 0.305 e. The number of carboxylic acids is 1. The van der Waals surface area contributed by atoms with Gasteiger partial charge in [0.2, 0.25) is 5.91 Å². The van der Waals surface area contributed by atoms with Gasteiger partial charge in [0, 0.05) is 25.1 Å². The van der Waals surface area contributed by atoms with E-state index >= 15 is 0 Å². The van der Waals surface area contributed by atoms with Crippen molar-refractivity contribution in [3.05, 3.63) is 35.4 Å². The van der Waals surface area contributed by atoms with Crippen LogP contribution >= 0.6 is 0 Å². The number of carboxylic acid groups (broad SMARTS) is 1. The van der Waals surface area contributed by atoms with Crippen LogP contribution in [0.5, 0.6) is 0 Å². The molecule has 1 aliphatic rings. The standard InChI is InChI=1S/C20H28N2O5/c1-20(13-27-2,11-17(23)24)22-19(26)16-9-7-14(8-10-16)12-21-18(25)15-5-3-4-6-15/h7-10,15H,3-6,11-13H2,1-2H3,(H,21,25)(H,22,26)(H,23,24). The van der Waals surface area contributed by atoms with Gasteiger partial charge in [0.05, 0.1) is 18.6 Å². The van der Waals surface area contributed by atoms with Crippen molar-refractivity contribution in [1.29, 1.82) is 0 Å². The van der Waals surface area contributed by atoms with Gasteiger partial charge in [0.15, 0.2) is 0 Å². The molecule has 0 spiro atoms. The molecular formula is C20H28N2O5. The smallest absolute Gasteiger partial charge is 0.305 e. The highest BCUT2D eigenvalue weighted by Gasteiger charge is 2.30. The second-order valence-corrected chi connectivity index (χ2v) is 7.41. The Hall–Kier alpha value is -2.41. The first-order chi connectivity index (χ1) is 12.8. The maximum atomic E-state index is 12.4. The van der Waals surface area contributed by atoms with E-state index in [4.69, 9.17) is 9.84 Å². The molecule has 0 heterocycles. The van der Waals surface area contributed by atoms with Gasteiger partial charge in [-0.05, 0) is 37.5 Å². The summed E-state index contributed by atoms with van der Waals surface area (Å²) in [5.74, 6) is -1.15. The lowest BCUT2D eigenvalue weighted by molar-refractivity contribution is -0.139. The van der Waals surface area contributed by atoms with E-state index in [1.54, 1.807) is 31.2 Å². The van der Waals surface area contributed by atoms with Gasteiger partial charge in [-0.3, -0.25) is 14.4 Å². The molecule has 1 saturated carbocycles. The van der Waals surface area contributed by atoms with Crippen molar-refractivity contribution in [3.8, 4) is 0 Å². The van der Waals surface area contributed by atoms with Crippen molar-refractivity contribution in [1.82, 2.24) is 10.6 Å². The lowest BCUT2D eigenvalue weighted by Crippen LogP contribution is -2.50. The van der Waals surface area contributed by atoms with Crippen LogP contribution in [0.15, 0.2) is 24.3 Å². The van der Waals surface area contributed by atoms with Gasteiger partial charge in [-0.25, -0.2) is 0 Å². The third-order valence-corrected chi connectivity index (χ3v) is 4.83. The van der Waals surface area contributed by atoms with Crippen LogP contribution in [0.1, 0.15) is 54.9 Å². The summed E-state index contributed by atoms with van der Waals surface area (Å²) in [5, 5.41) is 14.7. The van der Waals surface area contributed by atoms with Crippen LogP contribution in [0.25, 0.3) is 0 Å². The summed E-state index contributed by atoms with van der Waals surface area (Å²) in [6.07, 6.45) is 3.92. The number of carbonyl (C=O) groups is 3. The summed E-state index contributed by atoms with van der Waals surface area (Å²) < 4.78 is 5.04. The van der Waals surface area contributed by atoms with Gasteiger partial charge in [-0.2, -0.15) is 0 Å². The van der Waals surface area contributed by atoms with Crippen molar-refractivity contribution in [2.45, 2.75) is 51.1 Å². The van der Waals surface area contributed by atoms with E-state index in [1.807, 2.05) is 0 Å². The molecule has 1 fully saturated rings. The van der Waals surface area contributed by atoms with Crippen molar-refractivity contribution in [3.63, 3.8) is 0 Å². The summed E-state index contributed by atoms with van der Waals surface area (Å²) in [5.41, 5.74) is 0.336. The zero-order chi connectivity index (χ0) is 19.9. The zero-order valence-electron chi connectivity index (χ0n) is 15.9. The predicted molar refractivity (Wildman–Crippen MR) is 100 cm³/mol. The summed E-state index contributed by atoms with van der Waals surface area (Å²) in [7, 11) is 1.46. The monoisotopic (exact) mass is 376 g/mol. The minimum absolute atomic E-state index is 0.0936. The molecule has 1 aromatic rings. The highest BCUT2D eigenvalue weighted by Crippen LogP contribution is 2.24. The first-order valence-electron chi connectivity index (χ1n) is 9.23. The van der Waals surface area contributed by atoms with E-state index < -0.39 is 11.5 Å². The Morgan fingerprint density at radius 3 is 2.37 bits per heavy atom. The summed E-state index contributed by atoms with van der Waals surface area (Å²) in [4.78, 5) is 35.5.